The highest BCUT2D eigenvalue weighted by atomic mass is 19.1. The van der Waals surface area contributed by atoms with Crippen LogP contribution >= 0.6 is 0 Å². The third-order valence-electron chi connectivity index (χ3n) is 6.70. The fourth-order valence-corrected chi connectivity index (χ4v) is 4.69. The molecule has 1 aliphatic heterocycles. The van der Waals surface area contributed by atoms with Crippen LogP contribution in [0.2, 0.25) is 0 Å². The minimum absolute atomic E-state index is 0.0121. The van der Waals surface area contributed by atoms with Gasteiger partial charge in [0.1, 0.15) is 18.2 Å². The van der Waals surface area contributed by atoms with Crippen molar-refractivity contribution in [3.8, 4) is 5.75 Å². The molecule has 4 rings (SSSR count). The Hall–Kier alpha value is -3.36. The first-order valence-electron chi connectivity index (χ1n) is 12.3. The van der Waals surface area contributed by atoms with E-state index in [1.807, 2.05) is 24.3 Å². The normalized spacial score (nSPS) is 14.8. The first-order chi connectivity index (χ1) is 17.5. The van der Waals surface area contributed by atoms with Crippen LogP contribution in [0.5, 0.6) is 5.75 Å². The van der Waals surface area contributed by atoms with Crippen LogP contribution in [-0.2, 0) is 0 Å². The summed E-state index contributed by atoms with van der Waals surface area (Å²) in [5.41, 5.74) is 2.06. The largest absolute Gasteiger partial charge is 0.485 e. The lowest BCUT2D eigenvalue weighted by atomic mass is 9.87. The standard InChI is InChI=1S/C28H31F2N3O3/c29-24-11-7-22(8-12-24)26(23-9-13-25(30)14-10-23)4-3-15-31-16-18-32(19-17-31)20-21-36-28-6-2-1-5-27(28)33(34)35/h1-2,5-14,26H,3-4,15-21H2. The highest BCUT2D eigenvalue weighted by molar-refractivity contribution is 5.45. The van der Waals surface area contributed by atoms with Gasteiger partial charge in [-0.25, -0.2) is 8.78 Å². The average Bonchev–Trinajstić information content (AvgIpc) is 2.89. The van der Waals surface area contributed by atoms with E-state index in [1.165, 1.54) is 30.3 Å². The summed E-state index contributed by atoms with van der Waals surface area (Å²) in [6, 6.07) is 19.6. The second kappa shape index (κ2) is 12.6. The summed E-state index contributed by atoms with van der Waals surface area (Å²) in [4.78, 5) is 15.4. The zero-order chi connectivity index (χ0) is 25.3. The van der Waals surface area contributed by atoms with Gasteiger partial charge in [-0.2, -0.15) is 0 Å². The highest BCUT2D eigenvalue weighted by Crippen LogP contribution is 2.30. The number of para-hydroxylation sites is 2. The molecule has 6 nitrogen and oxygen atoms in total. The molecule has 1 saturated heterocycles. The fraction of sp³-hybridized carbons (Fsp3) is 0.357. The Kier molecular flexibility index (Phi) is 8.97. The lowest BCUT2D eigenvalue weighted by Gasteiger charge is -2.34. The molecule has 8 heteroatoms. The highest BCUT2D eigenvalue weighted by Gasteiger charge is 2.20. The Morgan fingerprint density at radius 3 is 1.89 bits per heavy atom. The van der Waals surface area contributed by atoms with Gasteiger partial charge in [-0.15, -0.1) is 0 Å². The molecule has 36 heavy (non-hydrogen) atoms. The molecule has 0 amide bonds. The van der Waals surface area contributed by atoms with E-state index < -0.39 is 4.92 Å². The zero-order valence-corrected chi connectivity index (χ0v) is 20.2. The molecule has 0 saturated carbocycles. The van der Waals surface area contributed by atoms with Gasteiger partial charge in [0.2, 0.25) is 0 Å². The summed E-state index contributed by atoms with van der Waals surface area (Å²) in [7, 11) is 0. The number of nitrogens with zero attached hydrogens (tertiary/aromatic N) is 3. The molecule has 0 atom stereocenters. The van der Waals surface area contributed by atoms with Crippen molar-refractivity contribution in [2.75, 3.05) is 45.9 Å². The van der Waals surface area contributed by atoms with Crippen LogP contribution in [0.15, 0.2) is 72.8 Å². The van der Waals surface area contributed by atoms with E-state index >= 15 is 0 Å². The molecule has 0 N–H and O–H groups in total. The van der Waals surface area contributed by atoms with Crippen LogP contribution in [0.25, 0.3) is 0 Å². The molecule has 0 aromatic heterocycles. The van der Waals surface area contributed by atoms with Crippen molar-refractivity contribution in [1.29, 1.82) is 0 Å². The Bertz CT molecular complexity index is 1070. The SMILES string of the molecule is O=[N+]([O-])c1ccccc1OCCN1CCN(CCCC(c2ccc(F)cc2)c2ccc(F)cc2)CC1. The predicted molar refractivity (Wildman–Crippen MR) is 135 cm³/mol. The maximum absolute atomic E-state index is 13.5. The van der Waals surface area contributed by atoms with Gasteiger partial charge in [-0.05, 0) is 60.8 Å². The number of nitro benzene ring substituents is 1. The van der Waals surface area contributed by atoms with Crippen LogP contribution in [0.1, 0.15) is 29.9 Å². The smallest absolute Gasteiger partial charge is 0.310 e. The molecule has 0 aliphatic carbocycles. The second-order valence-corrected chi connectivity index (χ2v) is 9.05. The minimum Gasteiger partial charge on any atom is -0.485 e. The number of hydrogen-bond donors (Lipinski definition) is 0. The summed E-state index contributed by atoms with van der Waals surface area (Å²) in [6.07, 6.45) is 1.86. The van der Waals surface area contributed by atoms with Gasteiger partial charge in [0.15, 0.2) is 5.75 Å². The molecule has 3 aromatic carbocycles. The van der Waals surface area contributed by atoms with Crippen LogP contribution in [0, 0.1) is 21.7 Å². The molecule has 190 valence electrons. The maximum atomic E-state index is 13.5. The molecular formula is C28H31F2N3O3. The van der Waals surface area contributed by atoms with Crippen molar-refractivity contribution in [2.24, 2.45) is 0 Å². The summed E-state index contributed by atoms with van der Waals surface area (Å²) >= 11 is 0. The summed E-state index contributed by atoms with van der Waals surface area (Å²) in [5.74, 6) is -0.131. The minimum atomic E-state index is -0.426. The van der Waals surface area contributed by atoms with Gasteiger partial charge in [-0.3, -0.25) is 15.0 Å². The van der Waals surface area contributed by atoms with E-state index in [2.05, 4.69) is 9.80 Å². The summed E-state index contributed by atoms with van der Waals surface area (Å²) in [6.45, 7) is 5.81. The average molecular weight is 496 g/mol. The van der Waals surface area contributed by atoms with Gasteiger partial charge < -0.3 is 9.64 Å². The van der Waals surface area contributed by atoms with Crippen LogP contribution in [-0.4, -0.2) is 60.6 Å². The van der Waals surface area contributed by atoms with Gasteiger partial charge in [0, 0.05) is 44.7 Å². The number of rotatable bonds is 11. The van der Waals surface area contributed by atoms with Crippen LogP contribution in [0.4, 0.5) is 14.5 Å². The van der Waals surface area contributed by atoms with Crippen molar-refractivity contribution in [3.05, 3.63) is 106 Å². The Labute approximate surface area is 210 Å². The van der Waals surface area contributed by atoms with Crippen LogP contribution in [0.3, 0.4) is 0 Å². The fourth-order valence-electron chi connectivity index (χ4n) is 4.69. The van der Waals surface area contributed by atoms with Gasteiger partial charge in [0.25, 0.3) is 0 Å². The number of piperazine rings is 1. The van der Waals surface area contributed by atoms with Gasteiger partial charge in [0.05, 0.1) is 4.92 Å². The maximum Gasteiger partial charge on any atom is 0.310 e. The Morgan fingerprint density at radius 2 is 1.33 bits per heavy atom. The summed E-state index contributed by atoms with van der Waals surface area (Å²) in [5, 5.41) is 11.1. The summed E-state index contributed by atoms with van der Waals surface area (Å²) < 4.78 is 32.6. The van der Waals surface area contributed by atoms with E-state index in [9.17, 15) is 18.9 Å². The molecule has 3 aromatic rings. The zero-order valence-electron chi connectivity index (χ0n) is 20.2. The Balaban J connectivity index is 1.22. The number of halogens is 2. The molecular weight excluding hydrogens is 464 g/mol. The van der Waals surface area contributed by atoms with E-state index in [-0.39, 0.29) is 23.2 Å². The molecule has 0 unspecified atom stereocenters. The van der Waals surface area contributed by atoms with E-state index in [1.54, 1.807) is 18.2 Å². The van der Waals surface area contributed by atoms with Crippen molar-refractivity contribution in [1.82, 2.24) is 9.80 Å². The van der Waals surface area contributed by atoms with E-state index in [0.717, 1.165) is 63.2 Å². The number of benzene rings is 3. The van der Waals surface area contributed by atoms with Gasteiger partial charge in [-0.1, -0.05) is 36.4 Å². The molecule has 1 aliphatic rings. The van der Waals surface area contributed by atoms with E-state index in [0.29, 0.717) is 12.4 Å². The molecule has 0 spiro atoms. The third-order valence-corrected chi connectivity index (χ3v) is 6.70. The molecule has 0 bridgehead atoms. The van der Waals surface area contributed by atoms with Crippen molar-refractivity contribution >= 4 is 5.69 Å². The predicted octanol–water partition coefficient (Wildman–Crippen LogP) is 5.48. The van der Waals surface area contributed by atoms with Crippen molar-refractivity contribution in [2.45, 2.75) is 18.8 Å². The topological polar surface area (TPSA) is 58.9 Å². The lowest BCUT2D eigenvalue weighted by Crippen LogP contribution is -2.47. The number of nitro groups is 1. The molecule has 0 radical (unpaired) electrons. The molecule has 1 heterocycles. The third kappa shape index (κ3) is 7.08. The van der Waals surface area contributed by atoms with Gasteiger partial charge >= 0.3 is 5.69 Å². The second-order valence-electron chi connectivity index (χ2n) is 9.05. The monoisotopic (exact) mass is 495 g/mol. The van der Waals surface area contributed by atoms with Crippen LogP contribution < -0.4 is 4.74 Å². The first kappa shape index (κ1) is 25.7. The van der Waals surface area contributed by atoms with Crippen molar-refractivity contribution < 1.29 is 18.4 Å². The van der Waals surface area contributed by atoms with Crippen molar-refractivity contribution in [3.63, 3.8) is 0 Å². The number of hydrogen-bond acceptors (Lipinski definition) is 5. The first-order valence-corrected chi connectivity index (χ1v) is 12.3. The van der Waals surface area contributed by atoms with E-state index in [4.69, 9.17) is 4.74 Å². The number of ether oxygens (including phenoxy) is 1. The lowest BCUT2D eigenvalue weighted by molar-refractivity contribution is -0.385. The Morgan fingerprint density at radius 1 is 0.806 bits per heavy atom. The quantitative estimate of drug-likeness (QED) is 0.260. The molecule has 1 fully saturated rings.